The molecule has 2 N–H and O–H groups in total. The van der Waals surface area contributed by atoms with E-state index in [9.17, 15) is 26.0 Å². The number of nitrogen functional groups attached to an aromatic ring is 1. The first-order valence-corrected chi connectivity index (χ1v) is 5.61. The van der Waals surface area contributed by atoms with Crippen LogP contribution < -0.4 is 5.73 Å². The van der Waals surface area contributed by atoms with Crippen LogP contribution >= 0.6 is 0 Å². The summed E-state index contributed by atoms with van der Waals surface area (Å²) in [6.07, 6.45) is -4.88. The maximum atomic E-state index is 12.8. The Kier molecular flexibility index (Phi) is 3.13. The number of anilines is 1. The van der Waals surface area contributed by atoms with Gasteiger partial charge in [0.15, 0.2) is 15.6 Å². The lowest BCUT2D eigenvalue weighted by atomic mass is 10.3. The fourth-order valence-corrected chi connectivity index (χ4v) is 2.27. The third-order valence-electron chi connectivity index (χ3n) is 1.61. The van der Waals surface area contributed by atoms with Crippen LogP contribution in [0.15, 0.2) is 23.1 Å². The van der Waals surface area contributed by atoms with Gasteiger partial charge in [0.25, 0.3) is 0 Å². The third-order valence-corrected chi connectivity index (χ3v) is 3.27. The Morgan fingerprint density at radius 1 is 1.19 bits per heavy atom. The van der Waals surface area contributed by atoms with E-state index >= 15 is 0 Å². The third kappa shape index (κ3) is 3.37. The maximum Gasteiger partial charge on any atom is 0.403 e. The summed E-state index contributed by atoms with van der Waals surface area (Å²) in [4.78, 5) is -0.776. The molecule has 0 heterocycles. The van der Waals surface area contributed by atoms with Crippen LogP contribution in [0.2, 0.25) is 0 Å². The van der Waals surface area contributed by atoms with Gasteiger partial charge in [0, 0.05) is 5.69 Å². The van der Waals surface area contributed by atoms with Gasteiger partial charge in [-0.05, 0) is 18.2 Å². The van der Waals surface area contributed by atoms with Gasteiger partial charge in [0.2, 0.25) is 0 Å². The molecular formula is C8H7F4NO2S. The molecule has 0 unspecified atom stereocenters. The molecule has 1 rings (SSSR count). The highest BCUT2D eigenvalue weighted by atomic mass is 32.2. The summed E-state index contributed by atoms with van der Waals surface area (Å²) in [6, 6.07) is 2.09. The highest BCUT2D eigenvalue weighted by molar-refractivity contribution is 7.91. The maximum absolute atomic E-state index is 12.8. The number of benzene rings is 1. The lowest BCUT2D eigenvalue weighted by molar-refractivity contribution is -0.106. The van der Waals surface area contributed by atoms with Crippen molar-refractivity contribution in [3.63, 3.8) is 0 Å². The van der Waals surface area contributed by atoms with Crippen LogP contribution in [0.25, 0.3) is 0 Å². The average molecular weight is 257 g/mol. The second-order valence-electron chi connectivity index (χ2n) is 3.09. The Balaban J connectivity index is 3.18. The molecule has 90 valence electrons. The van der Waals surface area contributed by atoms with Crippen molar-refractivity contribution in [2.75, 3.05) is 11.5 Å². The first kappa shape index (κ1) is 12.8. The summed E-state index contributed by atoms with van der Waals surface area (Å²) < 4.78 is 71.0. The molecule has 16 heavy (non-hydrogen) atoms. The van der Waals surface area contributed by atoms with Gasteiger partial charge < -0.3 is 5.73 Å². The van der Waals surface area contributed by atoms with E-state index in [4.69, 9.17) is 5.73 Å². The Hall–Kier alpha value is -1.31. The Morgan fingerprint density at radius 3 is 2.19 bits per heavy atom. The first-order valence-electron chi connectivity index (χ1n) is 3.96. The second kappa shape index (κ2) is 3.93. The Labute approximate surface area is 88.8 Å². The minimum Gasteiger partial charge on any atom is -0.399 e. The predicted molar refractivity (Wildman–Crippen MR) is 48.9 cm³/mol. The zero-order chi connectivity index (χ0) is 12.6. The number of alkyl halides is 3. The van der Waals surface area contributed by atoms with Crippen molar-refractivity contribution < 1.29 is 26.0 Å². The summed E-state index contributed by atoms with van der Waals surface area (Å²) in [6.45, 7) is 0. The SMILES string of the molecule is Nc1cc(F)cc(S(=O)(=O)CC(F)(F)F)c1. The zero-order valence-electron chi connectivity index (χ0n) is 7.75. The first-order chi connectivity index (χ1) is 7.10. The minimum atomic E-state index is -4.88. The topological polar surface area (TPSA) is 60.2 Å². The summed E-state index contributed by atoms with van der Waals surface area (Å²) in [7, 11) is -4.61. The molecule has 0 radical (unpaired) electrons. The number of rotatable bonds is 2. The summed E-state index contributed by atoms with van der Waals surface area (Å²) in [5.41, 5.74) is 4.88. The van der Waals surface area contributed by atoms with Crippen molar-refractivity contribution in [2.24, 2.45) is 0 Å². The number of hydrogen-bond donors (Lipinski definition) is 1. The molecule has 1 aromatic carbocycles. The van der Waals surface area contributed by atoms with Crippen molar-refractivity contribution in [3.8, 4) is 0 Å². The van der Waals surface area contributed by atoms with Gasteiger partial charge >= 0.3 is 6.18 Å². The smallest absolute Gasteiger partial charge is 0.399 e. The minimum absolute atomic E-state index is 0.249. The van der Waals surface area contributed by atoms with Gasteiger partial charge in [0.05, 0.1) is 4.90 Å². The van der Waals surface area contributed by atoms with E-state index in [-0.39, 0.29) is 5.69 Å². The van der Waals surface area contributed by atoms with E-state index < -0.39 is 32.5 Å². The van der Waals surface area contributed by atoms with E-state index in [1.54, 1.807) is 0 Å². The van der Waals surface area contributed by atoms with Gasteiger partial charge in [-0.3, -0.25) is 0 Å². The molecule has 0 aliphatic rings. The van der Waals surface area contributed by atoms with E-state index in [2.05, 4.69) is 0 Å². The van der Waals surface area contributed by atoms with Crippen LogP contribution in [0.5, 0.6) is 0 Å². The number of hydrogen-bond acceptors (Lipinski definition) is 3. The molecule has 1 aromatic rings. The molecule has 3 nitrogen and oxygen atoms in total. The average Bonchev–Trinajstić information content (AvgIpc) is 1.96. The fourth-order valence-electron chi connectivity index (χ4n) is 1.06. The quantitative estimate of drug-likeness (QED) is 0.648. The molecule has 0 aliphatic carbocycles. The number of sulfone groups is 1. The molecule has 0 saturated heterocycles. The normalized spacial score (nSPS) is 12.8. The van der Waals surface area contributed by atoms with Crippen LogP contribution in [-0.2, 0) is 9.84 Å². The Bertz CT molecular complexity index is 475. The van der Waals surface area contributed by atoms with Crippen LogP contribution in [0, 0.1) is 5.82 Å². The van der Waals surface area contributed by atoms with Gasteiger partial charge in [-0.2, -0.15) is 13.2 Å². The van der Waals surface area contributed by atoms with Gasteiger partial charge in [0.1, 0.15) is 5.82 Å². The molecule has 0 spiro atoms. The van der Waals surface area contributed by atoms with Crippen LogP contribution in [-0.4, -0.2) is 20.3 Å². The largest absolute Gasteiger partial charge is 0.403 e. The second-order valence-corrected chi connectivity index (χ2v) is 5.08. The highest BCUT2D eigenvalue weighted by Gasteiger charge is 2.36. The van der Waals surface area contributed by atoms with E-state index in [1.807, 2.05) is 0 Å². The van der Waals surface area contributed by atoms with Crippen molar-refractivity contribution in [3.05, 3.63) is 24.0 Å². The highest BCUT2D eigenvalue weighted by Crippen LogP contribution is 2.24. The molecule has 0 bridgehead atoms. The number of halogens is 4. The molecule has 0 aromatic heterocycles. The van der Waals surface area contributed by atoms with E-state index in [0.717, 1.165) is 12.1 Å². The fraction of sp³-hybridized carbons (Fsp3) is 0.250. The molecule has 0 fully saturated rings. The van der Waals surface area contributed by atoms with Crippen molar-refractivity contribution in [2.45, 2.75) is 11.1 Å². The van der Waals surface area contributed by atoms with Gasteiger partial charge in [-0.25, -0.2) is 12.8 Å². The molecular weight excluding hydrogens is 250 g/mol. The van der Waals surface area contributed by atoms with Gasteiger partial charge in [-0.15, -0.1) is 0 Å². The standard InChI is InChI=1S/C8H7F4NO2S/c9-5-1-6(13)3-7(2-5)16(14,15)4-8(10,11)12/h1-3H,4,13H2. The summed E-state index contributed by atoms with van der Waals surface area (Å²) >= 11 is 0. The van der Waals surface area contributed by atoms with Crippen molar-refractivity contribution in [1.82, 2.24) is 0 Å². The Morgan fingerprint density at radius 2 is 1.75 bits per heavy atom. The molecule has 8 heteroatoms. The monoisotopic (exact) mass is 257 g/mol. The van der Waals surface area contributed by atoms with Crippen LogP contribution in [0.1, 0.15) is 0 Å². The molecule has 0 atom stereocenters. The van der Waals surface area contributed by atoms with Crippen LogP contribution in [0.4, 0.5) is 23.2 Å². The van der Waals surface area contributed by atoms with Crippen molar-refractivity contribution in [1.29, 1.82) is 0 Å². The molecule has 0 amide bonds. The lowest BCUT2D eigenvalue weighted by Gasteiger charge is -2.08. The van der Waals surface area contributed by atoms with E-state index in [0.29, 0.717) is 6.07 Å². The molecule has 0 saturated carbocycles. The van der Waals surface area contributed by atoms with Gasteiger partial charge in [-0.1, -0.05) is 0 Å². The predicted octanol–water partition coefficient (Wildman–Crippen LogP) is 1.74. The summed E-state index contributed by atoms with van der Waals surface area (Å²) in [5, 5.41) is 0. The van der Waals surface area contributed by atoms with Crippen LogP contribution in [0.3, 0.4) is 0 Å². The van der Waals surface area contributed by atoms with E-state index in [1.165, 1.54) is 0 Å². The van der Waals surface area contributed by atoms with Crippen molar-refractivity contribution >= 4 is 15.5 Å². The zero-order valence-corrected chi connectivity index (χ0v) is 8.57. The number of nitrogens with two attached hydrogens (primary N) is 1. The summed E-state index contributed by atoms with van der Waals surface area (Å²) in [5.74, 6) is -3.04. The molecule has 0 aliphatic heterocycles. The lowest BCUT2D eigenvalue weighted by Crippen LogP contribution is -2.23.